The van der Waals surface area contributed by atoms with Crippen LogP contribution in [0, 0.1) is 0 Å². The number of pyridine rings is 1. The molecular formula is C14H22N4O2S. The maximum absolute atomic E-state index is 12.9. The van der Waals surface area contributed by atoms with E-state index in [9.17, 15) is 8.42 Å². The molecule has 0 saturated carbocycles. The highest BCUT2D eigenvalue weighted by molar-refractivity contribution is 7.89. The van der Waals surface area contributed by atoms with Crippen molar-refractivity contribution in [2.45, 2.75) is 36.6 Å². The standard InChI is InChI=1S/C14H22N4O2S/c15-12-6-10-17(11-12)14-13(5-4-7-16-14)21(19,20)18-8-2-1-3-9-18/h4-5,7,12H,1-3,6,8-11,15H2. The van der Waals surface area contributed by atoms with Gasteiger partial charge in [-0.2, -0.15) is 4.31 Å². The first-order chi connectivity index (χ1) is 10.1. The summed E-state index contributed by atoms with van der Waals surface area (Å²) in [6.07, 6.45) is 5.49. The van der Waals surface area contributed by atoms with Crippen LogP contribution < -0.4 is 10.6 Å². The Kier molecular flexibility index (Phi) is 4.14. The molecule has 2 saturated heterocycles. The Hall–Kier alpha value is -1.18. The van der Waals surface area contributed by atoms with Crippen LogP contribution in [-0.2, 0) is 10.0 Å². The lowest BCUT2D eigenvalue weighted by atomic mass is 10.2. The summed E-state index contributed by atoms with van der Waals surface area (Å²) in [6.45, 7) is 2.65. The molecule has 1 atom stereocenters. The number of anilines is 1. The molecule has 1 unspecified atom stereocenters. The van der Waals surface area contributed by atoms with Gasteiger partial charge in [0.1, 0.15) is 10.7 Å². The fourth-order valence-corrected chi connectivity index (χ4v) is 4.73. The van der Waals surface area contributed by atoms with E-state index in [1.807, 2.05) is 4.90 Å². The van der Waals surface area contributed by atoms with Gasteiger partial charge in [-0.1, -0.05) is 6.42 Å². The molecule has 0 radical (unpaired) electrons. The normalized spacial score (nSPS) is 24.4. The zero-order valence-corrected chi connectivity index (χ0v) is 12.9. The summed E-state index contributed by atoms with van der Waals surface area (Å²) in [5.74, 6) is 0.552. The third kappa shape index (κ3) is 2.90. The van der Waals surface area contributed by atoms with Crippen LogP contribution in [0.25, 0.3) is 0 Å². The van der Waals surface area contributed by atoms with Gasteiger partial charge in [-0.25, -0.2) is 13.4 Å². The van der Waals surface area contributed by atoms with Crippen LogP contribution in [0.5, 0.6) is 0 Å². The molecule has 3 heterocycles. The Bertz CT molecular complexity index is 599. The van der Waals surface area contributed by atoms with Crippen LogP contribution in [0.2, 0.25) is 0 Å². The highest BCUT2D eigenvalue weighted by Gasteiger charge is 2.32. The number of nitrogens with two attached hydrogens (primary N) is 1. The lowest BCUT2D eigenvalue weighted by molar-refractivity contribution is 0.346. The van der Waals surface area contributed by atoms with E-state index in [0.717, 1.165) is 32.2 Å². The minimum absolute atomic E-state index is 0.0950. The molecule has 2 fully saturated rings. The van der Waals surface area contributed by atoms with Crippen LogP contribution in [0.15, 0.2) is 23.2 Å². The van der Waals surface area contributed by atoms with Crippen molar-refractivity contribution < 1.29 is 8.42 Å². The lowest BCUT2D eigenvalue weighted by Crippen LogP contribution is -2.37. The summed E-state index contributed by atoms with van der Waals surface area (Å²) in [5.41, 5.74) is 5.94. The SMILES string of the molecule is NC1CCN(c2ncccc2S(=O)(=O)N2CCCCC2)C1. The van der Waals surface area contributed by atoms with E-state index in [2.05, 4.69) is 4.98 Å². The van der Waals surface area contributed by atoms with Gasteiger partial charge in [0.05, 0.1) is 0 Å². The predicted molar refractivity (Wildman–Crippen MR) is 81.7 cm³/mol. The Morgan fingerprint density at radius 1 is 1.19 bits per heavy atom. The van der Waals surface area contributed by atoms with Crippen molar-refractivity contribution in [3.8, 4) is 0 Å². The number of aromatic nitrogens is 1. The summed E-state index contributed by atoms with van der Waals surface area (Å²) in [5, 5.41) is 0. The molecule has 116 valence electrons. The number of sulfonamides is 1. The van der Waals surface area contributed by atoms with E-state index >= 15 is 0 Å². The molecule has 6 nitrogen and oxygen atoms in total. The smallest absolute Gasteiger partial charge is 0.246 e. The summed E-state index contributed by atoms with van der Waals surface area (Å²) in [7, 11) is -3.46. The number of rotatable bonds is 3. The maximum atomic E-state index is 12.9. The Morgan fingerprint density at radius 2 is 1.95 bits per heavy atom. The minimum atomic E-state index is -3.46. The van der Waals surface area contributed by atoms with Gasteiger partial charge in [0, 0.05) is 38.4 Å². The van der Waals surface area contributed by atoms with Crippen molar-refractivity contribution in [3.63, 3.8) is 0 Å². The fourth-order valence-electron chi connectivity index (χ4n) is 3.05. The third-order valence-corrected chi connectivity index (χ3v) is 6.13. The highest BCUT2D eigenvalue weighted by atomic mass is 32.2. The van der Waals surface area contributed by atoms with Crippen LogP contribution in [-0.4, -0.2) is 49.9 Å². The van der Waals surface area contributed by atoms with Crippen LogP contribution >= 0.6 is 0 Å². The molecule has 21 heavy (non-hydrogen) atoms. The number of hydrogen-bond acceptors (Lipinski definition) is 5. The van der Waals surface area contributed by atoms with Crippen molar-refractivity contribution in [2.24, 2.45) is 5.73 Å². The number of nitrogens with zero attached hydrogens (tertiary/aromatic N) is 3. The van der Waals surface area contributed by atoms with Gasteiger partial charge < -0.3 is 10.6 Å². The molecule has 0 spiro atoms. The molecule has 0 aromatic carbocycles. The van der Waals surface area contributed by atoms with Crippen LogP contribution in [0.3, 0.4) is 0 Å². The van der Waals surface area contributed by atoms with Crippen molar-refractivity contribution in [2.75, 3.05) is 31.1 Å². The first-order valence-electron chi connectivity index (χ1n) is 7.55. The van der Waals surface area contributed by atoms with Gasteiger partial charge in [0.15, 0.2) is 0 Å². The molecule has 1 aromatic heterocycles. The first-order valence-corrected chi connectivity index (χ1v) is 8.99. The monoisotopic (exact) mass is 310 g/mol. The van der Waals surface area contributed by atoms with E-state index in [0.29, 0.717) is 30.3 Å². The quantitative estimate of drug-likeness (QED) is 0.893. The van der Waals surface area contributed by atoms with Crippen molar-refractivity contribution in [1.29, 1.82) is 0 Å². The van der Waals surface area contributed by atoms with Crippen LogP contribution in [0.4, 0.5) is 5.82 Å². The number of hydrogen-bond donors (Lipinski definition) is 1. The minimum Gasteiger partial charge on any atom is -0.354 e. The molecule has 2 aliphatic heterocycles. The second kappa shape index (κ2) is 5.90. The fraction of sp³-hybridized carbons (Fsp3) is 0.643. The molecule has 0 amide bonds. The third-order valence-electron chi connectivity index (χ3n) is 4.21. The first kappa shape index (κ1) is 14.7. The van der Waals surface area contributed by atoms with Gasteiger partial charge >= 0.3 is 0 Å². The number of piperidine rings is 1. The molecule has 0 bridgehead atoms. The van der Waals surface area contributed by atoms with Crippen molar-refractivity contribution >= 4 is 15.8 Å². The predicted octanol–water partition coefficient (Wildman–Crippen LogP) is 0.794. The van der Waals surface area contributed by atoms with Crippen molar-refractivity contribution in [3.05, 3.63) is 18.3 Å². The summed E-state index contributed by atoms with van der Waals surface area (Å²) in [6, 6.07) is 3.45. The Morgan fingerprint density at radius 3 is 2.62 bits per heavy atom. The summed E-state index contributed by atoms with van der Waals surface area (Å²) >= 11 is 0. The zero-order chi connectivity index (χ0) is 14.9. The largest absolute Gasteiger partial charge is 0.354 e. The van der Waals surface area contributed by atoms with Gasteiger partial charge in [0.2, 0.25) is 10.0 Å². The molecule has 1 aromatic rings. The Balaban J connectivity index is 1.94. The van der Waals surface area contributed by atoms with Crippen molar-refractivity contribution in [1.82, 2.24) is 9.29 Å². The van der Waals surface area contributed by atoms with Gasteiger partial charge in [-0.05, 0) is 31.4 Å². The van der Waals surface area contributed by atoms with E-state index in [-0.39, 0.29) is 6.04 Å². The van der Waals surface area contributed by atoms with Gasteiger partial charge in [-0.3, -0.25) is 0 Å². The van der Waals surface area contributed by atoms with Gasteiger partial charge in [-0.15, -0.1) is 0 Å². The lowest BCUT2D eigenvalue weighted by Gasteiger charge is -2.28. The second-order valence-electron chi connectivity index (χ2n) is 5.78. The topological polar surface area (TPSA) is 79.5 Å². The summed E-state index contributed by atoms with van der Waals surface area (Å²) < 4.78 is 27.3. The maximum Gasteiger partial charge on any atom is 0.246 e. The zero-order valence-electron chi connectivity index (χ0n) is 12.1. The second-order valence-corrected chi connectivity index (χ2v) is 7.69. The van der Waals surface area contributed by atoms with Gasteiger partial charge in [0.25, 0.3) is 0 Å². The van der Waals surface area contributed by atoms with E-state index < -0.39 is 10.0 Å². The van der Waals surface area contributed by atoms with E-state index in [1.165, 1.54) is 0 Å². The molecular weight excluding hydrogens is 288 g/mol. The average Bonchev–Trinajstić information content (AvgIpc) is 2.95. The summed E-state index contributed by atoms with van der Waals surface area (Å²) in [4.78, 5) is 6.63. The van der Waals surface area contributed by atoms with E-state index in [4.69, 9.17) is 5.73 Å². The van der Waals surface area contributed by atoms with E-state index in [1.54, 1.807) is 22.6 Å². The average molecular weight is 310 g/mol. The molecule has 2 aliphatic rings. The molecule has 3 rings (SSSR count). The molecule has 0 aliphatic carbocycles. The van der Waals surface area contributed by atoms with Crippen LogP contribution in [0.1, 0.15) is 25.7 Å². The Labute approximate surface area is 126 Å². The molecule has 7 heteroatoms. The highest BCUT2D eigenvalue weighted by Crippen LogP contribution is 2.29. The molecule has 2 N–H and O–H groups in total.